The topological polar surface area (TPSA) is 58.2 Å². The van der Waals surface area contributed by atoms with Gasteiger partial charge >= 0.3 is 0 Å². The first kappa shape index (κ1) is 16.6. The molecule has 0 saturated heterocycles. The van der Waals surface area contributed by atoms with E-state index in [-0.39, 0.29) is 5.75 Å². The Labute approximate surface area is 124 Å². The monoisotopic (exact) mass is 348 g/mol. The lowest BCUT2D eigenvalue weighted by Crippen LogP contribution is -2.29. The van der Waals surface area contributed by atoms with Crippen molar-refractivity contribution in [3.8, 4) is 0 Å². The van der Waals surface area contributed by atoms with Gasteiger partial charge in [0.15, 0.2) is 0 Å². The van der Waals surface area contributed by atoms with Crippen LogP contribution in [-0.4, -0.2) is 26.8 Å². The summed E-state index contributed by atoms with van der Waals surface area (Å²) in [4.78, 5) is 0. The number of halogens is 1. The molecule has 0 heterocycles. The fourth-order valence-corrected chi connectivity index (χ4v) is 3.02. The van der Waals surface area contributed by atoms with Crippen molar-refractivity contribution in [3.05, 3.63) is 34.3 Å². The van der Waals surface area contributed by atoms with Gasteiger partial charge in [-0.1, -0.05) is 48.0 Å². The summed E-state index contributed by atoms with van der Waals surface area (Å²) in [6.45, 7) is 5.12. The van der Waals surface area contributed by atoms with Gasteiger partial charge in [-0.15, -0.1) is 0 Å². The third kappa shape index (κ3) is 7.06. The van der Waals surface area contributed by atoms with Crippen molar-refractivity contribution >= 4 is 26.0 Å². The van der Waals surface area contributed by atoms with Gasteiger partial charge in [0.25, 0.3) is 0 Å². The van der Waals surface area contributed by atoms with E-state index >= 15 is 0 Å². The molecule has 0 unspecified atom stereocenters. The Morgan fingerprint density at radius 1 is 1.26 bits per heavy atom. The summed E-state index contributed by atoms with van der Waals surface area (Å²) in [6.07, 6.45) is 0.615. The minimum atomic E-state index is -3.21. The highest BCUT2D eigenvalue weighted by atomic mass is 79.9. The van der Waals surface area contributed by atoms with Gasteiger partial charge in [0.1, 0.15) is 0 Å². The summed E-state index contributed by atoms with van der Waals surface area (Å²) in [7, 11) is -3.21. The SMILES string of the molecule is CC(C)NCCCS(=O)(=O)NCc1ccccc1Br. The van der Waals surface area contributed by atoms with Gasteiger partial charge < -0.3 is 5.32 Å². The van der Waals surface area contributed by atoms with E-state index in [1.54, 1.807) is 0 Å². The molecule has 0 bridgehead atoms. The summed E-state index contributed by atoms with van der Waals surface area (Å²) in [5.41, 5.74) is 0.936. The van der Waals surface area contributed by atoms with Gasteiger partial charge in [-0.05, 0) is 24.6 Å². The number of hydrogen-bond donors (Lipinski definition) is 2. The number of rotatable bonds is 8. The van der Waals surface area contributed by atoms with E-state index in [9.17, 15) is 8.42 Å². The number of hydrogen-bond acceptors (Lipinski definition) is 3. The minimum Gasteiger partial charge on any atom is -0.314 e. The molecule has 0 fully saturated rings. The van der Waals surface area contributed by atoms with E-state index in [0.29, 0.717) is 25.6 Å². The average Bonchev–Trinajstić information content (AvgIpc) is 2.34. The Morgan fingerprint density at radius 3 is 2.58 bits per heavy atom. The third-order valence-electron chi connectivity index (χ3n) is 2.58. The van der Waals surface area contributed by atoms with Crippen LogP contribution in [0.1, 0.15) is 25.8 Å². The van der Waals surface area contributed by atoms with Crippen LogP contribution in [0.4, 0.5) is 0 Å². The maximum absolute atomic E-state index is 11.8. The van der Waals surface area contributed by atoms with E-state index < -0.39 is 10.0 Å². The average molecular weight is 349 g/mol. The van der Waals surface area contributed by atoms with Crippen molar-refractivity contribution in [1.29, 1.82) is 0 Å². The second-order valence-corrected chi connectivity index (χ2v) is 7.47. The lowest BCUT2D eigenvalue weighted by atomic mass is 10.2. The van der Waals surface area contributed by atoms with Crippen LogP contribution in [0.2, 0.25) is 0 Å². The van der Waals surface area contributed by atoms with Gasteiger partial charge in [0.2, 0.25) is 10.0 Å². The predicted octanol–water partition coefficient (Wildman–Crippen LogP) is 2.26. The molecule has 6 heteroatoms. The van der Waals surface area contributed by atoms with Crippen molar-refractivity contribution in [1.82, 2.24) is 10.0 Å². The van der Waals surface area contributed by atoms with Crippen LogP contribution in [0, 0.1) is 0 Å². The quantitative estimate of drug-likeness (QED) is 0.708. The van der Waals surface area contributed by atoms with Gasteiger partial charge in [-0.3, -0.25) is 0 Å². The second kappa shape index (κ2) is 7.99. The van der Waals surface area contributed by atoms with Gasteiger partial charge in [0, 0.05) is 17.1 Å². The van der Waals surface area contributed by atoms with Crippen molar-refractivity contribution in [3.63, 3.8) is 0 Å². The van der Waals surface area contributed by atoms with E-state index in [1.807, 2.05) is 38.1 Å². The normalized spacial score (nSPS) is 12.0. The first-order valence-corrected chi connectivity index (χ1v) is 8.79. The maximum Gasteiger partial charge on any atom is 0.211 e. The highest BCUT2D eigenvalue weighted by molar-refractivity contribution is 9.10. The van der Waals surface area contributed by atoms with Gasteiger partial charge in [0.05, 0.1) is 5.75 Å². The molecule has 0 spiro atoms. The Balaban J connectivity index is 2.37. The molecule has 108 valence electrons. The van der Waals surface area contributed by atoms with E-state index in [2.05, 4.69) is 26.0 Å². The lowest BCUT2D eigenvalue weighted by molar-refractivity contribution is 0.560. The Morgan fingerprint density at radius 2 is 1.95 bits per heavy atom. The number of benzene rings is 1. The third-order valence-corrected chi connectivity index (χ3v) is 4.77. The molecule has 0 atom stereocenters. The molecular formula is C13H21BrN2O2S. The van der Waals surface area contributed by atoms with Crippen LogP contribution in [0.5, 0.6) is 0 Å². The van der Waals surface area contributed by atoms with E-state index in [1.165, 1.54) is 0 Å². The number of sulfonamides is 1. The summed E-state index contributed by atoms with van der Waals surface area (Å²) < 4.78 is 27.1. The summed E-state index contributed by atoms with van der Waals surface area (Å²) in [6, 6.07) is 7.97. The molecule has 0 aliphatic heterocycles. The van der Waals surface area contributed by atoms with Crippen LogP contribution in [-0.2, 0) is 16.6 Å². The largest absolute Gasteiger partial charge is 0.314 e. The van der Waals surface area contributed by atoms with E-state index in [4.69, 9.17) is 0 Å². The van der Waals surface area contributed by atoms with Crippen LogP contribution in [0.25, 0.3) is 0 Å². The maximum atomic E-state index is 11.8. The molecule has 0 aromatic heterocycles. The molecule has 0 aliphatic rings. The molecule has 0 radical (unpaired) electrons. The van der Waals surface area contributed by atoms with Crippen molar-refractivity contribution in [2.45, 2.75) is 32.9 Å². The molecule has 0 aliphatic carbocycles. The smallest absolute Gasteiger partial charge is 0.211 e. The van der Waals surface area contributed by atoms with Crippen LogP contribution >= 0.6 is 15.9 Å². The lowest BCUT2D eigenvalue weighted by Gasteiger charge is -2.10. The Hall–Kier alpha value is -0.430. The first-order chi connectivity index (χ1) is 8.91. The second-order valence-electron chi connectivity index (χ2n) is 4.69. The summed E-state index contributed by atoms with van der Waals surface area (Å²) in [5.74, 6) is 0.150. The molecule has 1 aromatic carbocycles. The van der Waals surface area contributed by atoms with Gasteiger partial charge in [-0.25, -0.2) is 13.1 Å². The molecule has 1 aromatic rings. The predicted molar refractivity (Wildman–Crippen MR) is 82.5 cm³/mol. The van der Waals surface area contributed by atoms with Crippen LogP contribution < -0.4 is 10.0 Å². The standard InChI is InChI=1S/C13H21BrN2O2S/c1-11(2)15-8-5-9-19(17,18)16-10-12-6-3-4-7-13(12)14/h3-4,6-7,11,15-16H,5,8-10H2,1-2H3. The summed E-state index contributed by atoms with van der Waals surface area (Å²) >= 11 is 3.40. The van der Waals surface area contributed by atoms with Crippen LogP contribution in [0.3, 0.4) is 0 Å². The minimum absolute atomic E-state index is 0.150. The van der Waals surface area contributed by atoms with Crippen molar-refractivity contribution in [2.75, 3.05) is 12.3 Å². The molecule has 0 saturated carbocycles. The summed E-state index contributed by atoms with van der Waals surface area (Å²) in [5, 5.41) is 3.20. The fourth-order valence-electron chi connectivity index (χ4n) is 1.55. The van der Waals surface area contributed by atoms with Crippen molar-refractivity contribution in [2.24, 2.45) is 0 Å². The highest BCUT2D eigenvalue weighted by Crippen LogP contribution is 2.15. The Bertz CT molecular complexity index is 489. The molecule has 0 amide bonds. The molecule has 1 rings (SSSR count). The Kier molecular flexibility index (Phi) is 6.99. The highest BCUT2D eigenvalue weighted by Gasteiger charge is 2.10. The van der Waals surface area contributed by atoms with Crippen molar-refractivity contribution < 1.29 is 8.42 Å². The molecule has 4 nitrogen and oxygen atoms in total. The zero-order valence-electron chi connectivity index (χ0n) is 11.3. The molecule has 2 N–H and O–H groups in total. The number of nitrogens with one attached hydrogen (secondary N) is 2. The molecular weight excluding hydrogens is 328 g/mol. The fraction of sp³-hybridized carbons (Fsp3) is 0.538. The first-order valence-electron chi connectivity index (χ1n) is 6.35. The van der Waals surface area contributed by atoms with E-state index in [0.717, 1.165) is 10.0 Å². The van der Waals surface area contributed by atoms with Crippen LogP contribution in [0.15, 0.2) is 28.7 Å². The zero-order valence-corrected chi connectivity index (χ0v) is 13.7. The zero-order chi connectivity index (χ0) is 14.3. The van der Waals surface area contributed by atoms with Gasteiger partial charge in [-0.2, -0.15) is 0 Å². The molecule has 19 heavy (non-hydrogen) atoms.